The van der Waals surface area contributed by atoms with Crippen molar-refractivity contribution >= 4 is 0 Å². The predicted octanol–water partition coefficient (Wildman–Crippen LogP) is 3.39. The number of hydrogen-bond donors (Lipinski definition) is 1. The summed E-state index contributed by atoms with van der Waals surface area (Å²) in [7, 11) is 2.12. The average Bonchev–Trinajstić information content (AvgIpc) is 3.06. The number of hydrogen-bond acceptors (Lipinski definition) is 2. The summed E-state index contributed by atoms with van der Waals surface area (Å²) >= 11 is 0. The second-order valence-electron chi connectivity index (χ2n) is 6.01. The molecule has 1 unspecified atom stereocenters. The van der Waals surface area contributed by atoms with Crippen molar-refractivity contribution < 1.29 is 0 Å². The van der Waals surface area contributed by atoms with Gasteiger partial charge in [0.2, 0.25) is 0 Å². The third kappa shape index (κ3) is 3.02. The van der Waals surface area contributed by atoms with Gasteiger partial charge in [-0.2, -0.15) is 0 Å². The Bertz CT molecular complexity index is 377. The lowest BCUT2D eigenvalue weighted by molar-refractivity contribution is 0.189. The SMILES string of the molecule is CCCn1ccnc1CC(NC)C1(CC)CCCC1. The molecule has 19 heavy (non-hydrogen) atoms. The van der Waals surface area contributed by atoms with Gasteiger partial charge in [0.05, 0.1) is 0 Å². The molecule has 2 rings (SSSR count). The molecule has 0 amide bonds. The van der Waals surface area contributed by atoms with Crippen LogP contribution in [0.2, 0.25) is 0 Å². The van der Waals surface area contributed by atoms with Crippen molar-refractivity contribution in [1.82, 2.24) is 14.9 Å². The van der Waals surface area contributed by atoms with E-state index in [1.54, 1.807) is 0 Å². The van der Waals surface area contributed by atoms with Crippen molar-refractivity contribution in [3.8, 4) is 0 Å². The van der Waals surface area contributed by atoms with Crippen molar-refractivity contribution in [3.05, 3.63) is 18.2 Å². The third-order valence-electron chi connectivity index (χ3n) is 5.04. The van der Waals surface area contributed by atoms with Gasteiger partial charge in [-0.25, -0.2) is 4.98 Å². The zero-order valence-electron chi connectivity index (χ0n) is 12.8. The van der Waals surface area contributed by atoms with E-state index in [0.717, 1.165) is 13.0 Å². The molecule has 0 aliphatic heterocycles. The van der Waals surface area contributed by atoms with Gasteiger partial charge < -0.3 is 9.88 Å². The Morgan fingerprint density at radius 3 is 2.68 bits per heavy atom. The summed E-state index contributed by atoms with van der Waals surface area (Å²) in [6.07, 6.45) is 13.2. The monoisotopic (exact) mass is 263 g/mol. The van der Waals surface area contributed by atoms with E-state index < -0.39 is 0 Å². The van der Waals surface area contributed by atoms with Crippen LogP contribution in [0.15, 0.2) is 12.4 Å². The molecule has 1 heterocycles. The summed E-state index contributed by atoms with van der Waals surface area (Å²) in [6.45, 7) is 5.67. The van der Waals surface area contributed by atoms with E-state index in [-0.39, 0.29) is 0 Å². The minimum Gasteiger partial charge on any atom is -0.335 e. The van der Waals surface area contributed by atoms with Crippen molar-refractivity contribution in [3.63, 3.8) is 0 Å². The van der Waals surface area contributed by atoms with E-state index >= 15 is 0 Å². The normalized spacial score (nSPS) is 19.7. The van der Waals surface area contributed by atoms with Crippen LogP contribution in [0.1, 0.15) is 58.2 Å². The number of nitrogens with zero attached hydrogens (tertiary/aromatic N) is 2. The van der Waals surface area contributed by atoms with Crippen LogP contribution in [0.3, 0.4) is 0 Å². The molecular formula is C16H29N3. The fraction of sp³-hybridized carbons (Fsp3) is 0.812. The van der Waals surface area contributed by atoms with Gasteiger partial charge in [0.1, 0.15) is 5.82 Å². The second-order valence-corrected chi connectivity index (χ2v) is 6.01. The van der Waals surface area contributed by atoms with Gasteiger partial charge in [0.25, 0.3) is 0 Å². The van der Waals surface area contributed by atoms with Gasteiger partial charge in [-0.3, -0.25) is 0 Å². The Hall–Kier alpha value is -0.830. The van der Waals surface area contributed by atoms with Crippen LogP contribution in [-0.4, -0.2) is 22.6 Å². The highest BCUT2D eigenvalue weighted by Gasteiger charge is 2.39. The number of aryl methyl sites for hydroxylation is 1. The molecule has 1 aliphatic rings. The number of rotatable bonds is 7. The van der Waals surface area contributed by atoms with Gasteiger partial charge in [-0.1, -0.05) is 26.7 Å². The number of nitrogens with one attached hydrogen (secondary N) is 1. The van der Waals surface area contributed by atoms with E-state index in [0.29, 0.717) is 11.5 Å². The van der Waals surface area contributed by atoms with Crippen LogP contribution in [0.5, 0.6) is 0 Å². The fourth-order valence-electron chi connectivity index (χ4n) is 3.81. The molecule has 1 aromatic rings. The second kappa shape index (κ2) is 6.56. The maximum absolute atomic E-state index is 4.58. The van der Waals surface area contributed by atoms with Crippen LogP contribution in [0, 0.1) is 5.41 Å². The van der Waals surface area contributed by atoms with Gasteiger partial charge in [0.15, 0.2) is 0 Å². The van der Waals surface area contributed by atoms with Crippen LogP contribution < -0.4 is 5.32 Å². The molecule has 0 radical (unpaired) electrons. The van der Waals surface area contributed by atoms with Crippen LogP contribution >= 0.6 is 0 Å². The van der Waals surface area contributed by atoms with E-state index in [1.807, 2.05) is 6.20 Å². The zero-order valence-corrected chi connectivity index (χ0v) is 12.8. The zero-order chi connectivity index (χ0) is 13.7. The summed E-state index contributed by atoms with van der Waals surface area (Å²) in [5, 5.41) is 3.59. The molecule has 1 fully saturated rings. The number of aromatic nitrogens is 2. The maximum atomic E-state index is 4.58. The highest BCUT2D eigenvalue weighted by Crippen LogP contribution is 2.44. The smallest absolute Gasteiger partial charge is 0.110 e. The lowest BCUT2D eigenvalue weighted by Gasteiger charge is -2.37. The lowest BCUT2D eigenvalue weighted by atomic mass is 9.75. The summed E-state index contributed by atoms with van der Waals surface area (Å²) in [4.78, 5) is 4.58. The topological polar surface area (TPSA) is 29.9 Å². The molecule has 1 aliphatic carbocycles. The van der Waals surface area contributed by atoms with Gasteiger partial charge in [0, 0.05) is 31.4 Å². The molecule has 0 saturated heterocycles. The van der Waals surface area contributed by atoms with Gasteiger partial charge in [-0.05, 0) is 38.1 Å². The Labute approximate surface area is 117 Å². The summed E-state index contributed by atoms with van der Waals surface area (Å²) in [6, 6.07) is 0.568. The minimum absolute atomic E-state index is 0.498. The molecule has 3 heteroatoms. The molecule has 1 aromatic heterocycles. The first-order valence-electron chi connectivity index (χ1n) is 7.93. The average molecular weight is 263 g/mol. The molecular weight excluding hydrogens is 234 g/mol. The standard InChI is InChI=1S/C16H29N3/c1-4-11-19-12-10-18-15(19)13-14(17-3)16(5-2)8-6-7-9-16/h10,12,14,17H,4-9,11,13H2,1-3H3. The molecule has 1 saturated carbocycles. The van der Waals surface area contributed by atoms with Crippen LogP contribution in [0.4, 0.5) is 0 Å². The molecule has 0 bridgehead atoms. The van der Waals surface area contributed by atoms with E-state index in [1.165, 1.54) is 44.3 Å². The Balaban J connectivity index is 2.11. The van der Waals surface area contributed by atoms with Crippen molar-refractivity contribution in [1.29, 1.82) is 0 Å². The summed E-state index contributed by atoms with van der Waals surface area (Å²) in [5.74, 6) is 1.25. The van der Waals surface area contributed by atoms with Gasteiger partial charge >= 0.3 is 0 Å². The molecule has 3 nitrogen and oxygen atoms in total. The highest BCUT2D eigenvalue weighted by atomic mass is 15.1. The quantitative estimate of drug-likeness (QED) is 0.817. The highest BCUT2D eigenvalue weighted by molar-refractivity contribution is 5.02. The molecule has 0 spiro atoms. The largest absolute Gasteiger partial charge is 0.335 e. The Morgan fingerprint density at radius 1 is 1.37 bits per heavy atom. The molecule has 0 aromatic carbocycles. The van der Waals surface area contributed by atoms with Crippen molar-refractivity contribution in [2.24, 2.45) is 5.41 Å². The summed E-state index contributed by atoms with van der Waals surface area (Å²) < 4.78 is 2.32. The first kappa shape index (κ1) is 14.6. The van der Waals surface area contributed by atoms with Gasteiger partial charge in [-0.15, -0.1) is 0 Å². The van der Waals surface area contributed by atoms with E-state index in [9.17, 15) is 0 Å². The van der Waals surface area contributed by atoms with Crippen LogP contribution in [0.25, 0.3) is 0 Å². The lowest BCUT2D eigenvalue weighted by Crippen LogP contribution is -2.44. The first-order valence-corrected chi connectivity index (χ1v) is 7.93. The Kier molecular flexibility index (Phi) is 5.03. The predicted molar refractivity (Wildman–Crippen MR) is 80.3 cm³/mol. The van der Waals surface area contributed by atoms with E-state index in [2.05, 4.69) is 42.0 Å². The molecule has 108 valence electrons. The minimum atomic E-state index is 0.498. The Morgan fingerprint density at radius 2 is 2.11 bits per heavy atom. The summed E-state index contributed by atoms with van der Waals surface area (Å²) in [5.41, 5.74) is 0.498. The maximum Gasteiger partial charge on any atom is 0.110 e. The van der Waals surface area contributed by atoms with Crippen molar-refractivity contribution in [2.75, 3.05) is 7.05 Å². The number of imidazole rings is 1. The fourth-order valence-corrected chi connectivity index (χ4v) is 3.81. The molecule has 1 N–H and O–H groups in total. The first-order chi connectivity index (χ1) is 9.25. The third-order valence-corrected chi connectivity index (χ3v) is 5.04. The molecule has 1 atom stereocenters. The van der Waals surface area contributed by atoms with E-state index in [4.69, 9.17) is 0 Å². The van der Waals surface area contributed by atoms with Crippen molar-refractivity contribution in [2.45, 2.75) is 71.4 Å². The van der Waals surface area contributed by atoms with Crippen LogP contribution in [-0.2, 0) is 13.0 Å². The number of likely N-dealkylation sites (N-methyl/N-ethyl adjacent to an activating group) is 1.